The number of imidazole rings is 1. The quantitative estimate of drug-likeness (QED) is 0.202. The number of nitrogens with zero attached hydrogens (tertiary/aromatic N) is 3. The Labute approximate surface area is 215 Å². The molecule has 1 aliphatic heterocycles. The molecule has 37 heavy (non-hydrogen) atoms. The van der Waals surface area contributed by atoms with Gasteiger partial charge in [-0.2, -0.15) is 0 Å². The van der Waals surface area contributed by atoms with E-state index in [1.54, 1.807) is 26.2 Å². The summed E-state index contributed by atoms with van der Waals surface area (Å²) in [7, 11) is 6.03. The van der Waals surface area contributed by atoms with Gasteiger partial charge in [-0.15, -0.1) is 0 Å². The van der Waals surface area contributed by atoms with Gasteiger partial charge in [0.2, 0.25) is 5.75 Å². The smallest absolute Gasteiger partial charge is 0.295 e. The summed E-state index contributed by atoms with van der Waals surface area (Å²) in [5.41, 5.74) is 2.91. The monoisotopic (exact) mass is 509 g/mol. The summed E-state index contributed by atoms with van der Waals surface area (Å²) in [4.78, 5) is 32.7. The predicted octanol–water partition coefficient (Wildman–Crippen LogP) is 3.44. The zero-order valence-corrected chi connectivity index (χ0v) is 21.8. The Balaban J connectivity index is 1.97. The molecule has 1 aliphatic rings. The van der Waals surface area contributed by atoms with Gasteiger partial charge in [0.1, 0.15) is 11.3 Å². The van der Waals surface area contributed by atoms with Crippen molar-refractivity contribution in [1.29, 1.82) is 0 Å². The number of rotatable bonds is 9. The maximum Gasteiger partial charge on any atom is 0.295 e. The summed E-state index contributed by atoms with van der Waals surface area (Å²) in [6, 6.07) is 6.24. The zero-order valence-electron chi connectivity index (χ0n) is 21.8. The summed E-state index contributed by atoms with van der Waals surface area (Å²) >= 11 is 0. The number of aliphatic hydroxyl groups excluding tert-OH is 1. The molecule has 1 fully saturated rings. The van der Waals surface area contributed by atoms with Gasteiger partial charge in [0.15, 0.2) is 17.3 Å². The van der Waals surface area contributed by atoms with Crippen LogP contribution in [-0.4, -0.2) is 72.7 Å². The second kappa shape index (κ2) is 10.5. The summed E-state index contributed by atoms with van der Waals surface area (Å²) in [6.45, 7) is 4.35. The van der Waals surface area contributed by atoms with Crippen LogP contribution in [0.2, 0.25) is 0 Å². The average Bonchev–Trinajstić information content (AvgIpc) is 3.37. The van der Waals surface area contributed by atoms with Gasteiger partial charge in [-0.1, -0.05) is 6.07 Å². The Morgan fingerprint density at radius 2 is 1.73 bits per heavy atom. The van der Waals surface area contributed by atoms with Crippen molar-refractivity contribution in [2.75, 3.05) is 41.6 Å². The minimum atomic E-state index is -0.907. The fourth-order valence-electron chi connectivity index (χ4n) is 4.77. The lowest BCUT2D eigenvalue weighted by Crippen LogP contribution is -2.31. The molecule has 0 radical (unpaired) electrons. The number of fused-ring (bicyclic) bond motifs is 1. The molecule has 2 aromatic heterocycles. The SMILES string of the molecule is COCCCN1C(=O)C(=O)C(=C(O)c2nc3c(C)cccn3c2C)C1c1cc(OC)c(OC)c(OC)c1. The first-order chi connectivity index (χ1) is 17.8. The molecule has 1 amide bonds. The van der Waals surface area contributed by atoms with E-state index < -0.39 is 17.7 Å². The van der Waals surface area contributed by atoms with Gasteiger partial charge >= 0.3 is 0 Å². The second-order valence-corrected chi connectivity index (χ2v) is 8.73. The molecule has 0 spiro atoms. The Kier molecular flexibility index (Phi) is 7.40. The van der Waals surface area contributed by atoms with Crippen LogP contribution in [0.5, 0.6) is 17.2 Å². The third-order valence-electron chi connectivity index (χ3n) is 6.60. The molecule has 0 saturated carbocycles. The van der Waals surface area contributed by atoms with E-state index >= 15 is 0 Å². The number of aryl methyl sites for hydroxylation is 2. The van der Waals surface area contributed by atoms with E-state index in [0.29, 0.717) is 47.2 Å². The number of amides is 1. The molecule has 10 heteroatoms. The van der Waals surface area contributed by atoms with Crippen LogP contribution in [0.3, 0.4) is 0 Å². The number of carbonyl (C=O) groups is 2. The van der Waals surface area contributed by atoms with Crippen molar-refractivity contribution in [3.8, 4) is 17.2 Å². The van der Waals surface area contributed by atoms with Gasteiger partial charge in [-0.05, 0) is 49.6 Å². The molecule has 0 aliphatic carbocycles. The Morgan fingerprint density at radius 3 is 2.30 bits per heavy atom. The highest BCUT2D eigenvalue weighted by Gasteiger charge is 2.47. The Morgan fingerprint density at radius 1 is 1.05 bits per heavy atom. The molecule has 1 atom stereocenters. The molecular formula is C27H31N3O7. The lowest BCUT2D eigenvalue weighted by molar-refractivity contribution is -0.140. The van der Waals surface area contributed by atoms with Crippen molar-refractivity contribution >= 4 is 23.1 Å². The van der Waals surface area contributed by atoms with E-state index in [1.165, 1.54) is 26.2 Å². The highest BCUT2D eigenvalue weighted by Crippen LogP contribution is 2.45. The Bertz CT molecular complexity index is 1370. The first kappa shape index (κ1) is 26.0. The van der Waals surface area contributed by atoms with Crippen LogP contribution in [0, 0.1) is 13.8 Å². The zero-order chi connectivity index (χ0) is 26.9. The van der Waals surface area contributed by atoms with E-state index in [9.17, 15) is 14.7 Å². The first-order valence-corrected chi connectivity index (χ1v) is 11.8. The number of likely N-dealkylation sites (tertiary alicyclic amines) is 1. The lowest BCUT2D eigenvalue weighted by Gasteiger charge is -2.26. The number of carbonyl (C=O) groups excluding carboxylic acids is 2. The number of hydrogen-bond acceptors (Lipinski definition) is 8. The number of methoxy groups -OCH3 is 4. The predicted molar refractivity (Wildman–Crippen MR) is 136 cm³/mol. The number of hydrogen-bond donors (Lipinski definition) is 1. The molecule has 10 nitrogen and oxygen atoms in total. The van der Waals surface area contributed by atoms with Crippen LogP contribution in [0.1, 0.15) is 35.0 Å². The number of benzene rings is 1. The average molecular weight is 510 g/mol. The van der Waals surface area contributed by atoms with Crippen LogP contribution in [0.25, 0.3) is 11.4 Å². The molecule has 1 aromatic carbocycles. The fourth-order valence-corrected chi connectivity index (χ4v) is 4.77. The molecular weight excluding hydrogens is 478 g/mol. The number of pyridine rings is 1. The van der Waals surface area contributed by atoms with Crippen molar-refractivity contribution in [2.45, 2.75) is 26.3 Å². The number of aliphatic hydroxyl groups is 1. The minimum Gasteiger partial charge on any atom is -0.505 e. The van der Waals surface area contributed by atoms with E-state index in [0.717, 1.165) is 5.56 Å². The number of aromatic nitrogens is 2. The normalized spacial score (nSPS) is 17.0. The molecule has 1 N–H and O–H groups in total. The van der Waals surface area contributed by atoms with Crippen LogP contribution in [0.15, 0.2) is 36.0 Å². The van der Waals surface area contributed by atoms with Gasteiger partial charge in [-0.25, -0.2) is 4.98 Å². The van der Waals surface area contributed by atoms with Gasteiger partial charge < -0.3 is 33.4 Å². The molecule has 3 aromatic rings. The molecule has 0 bridgehead atoms. The summed E-state index contributed by atoms with van der Waals surface area (Å²) < 4.78 is 23.5. The van der Waals surface area contributed by atoms with Crippen LogP contribution < -0.4 is 14.2 Å². The molecule has 4 rings (SSSR count). The number of ether oxygens (including phenoxy) is 4. The maximum absolute atomic E-state index is 13.4. The van der Waals surface area contributed by atoms with E-state index in [1.807, 2.05) is 29.7 Å². The second-order valence-electron chi connectivity index (χ2n) is 8.73. The number of Topliss-reactive ketones (excluding diaryl/α,β-unsaturated/α-hetero) is 1. The maximum atomic E-state index is 13.4. The summed E-state index contributed by atoms with van der Waals surface area (Å²) in [6.07, 6.45) is 2.33. The standard InChI is InChI=1S/C27H31N3O7/c1-15-9-7-10-29-16(2)21(28-26(15)29)23(31)20-22(30(11-8-12-34-3)27(33)24(20)32)17-13-18(35-4)25(37-6)19(14-17)36-5/h7,9-10,13-14,22,31H,8,11-12H2,1-6H3. The van der Waals surface area contributed by atoms with E-state index in [-0.39, 0.29) is 23.6 Å². The van der Waals surface area contributed by atoms with Crippen LogP contribution in [0.4, 0.5) is 0 Å². The van der Waals surface area contributed by atoms with E-state index in [2.05, 4.69) is 4.98 Å². The highest BCUT2D eigenvalue weighted by atomic mass is 16.5. The third-order valence-corrected chi connectivity index (χ3v) is 6.60. The Hall–Kier alpha value is -4.05. The lowest BCUT2D eigenvalue weighted by atomic mass is 9.95. The topological polar surface area (TPSA) is 112 Å². The van der Waals surface area contributed by atoms with Crippen molar-refractivity contribution in [1.82, 2.24) is 14.3 Å². The highest BCUT2D eigenvalue weighted by molar-refractivity contribution is 6.46. The van der Waals surface area contributed by atoms with E-state index in [4.69, 9.17) is 18.9 Å². The van der Waals surface area contributed by atoms with Gasteiger partial charge in [0.25, 0.3) is 11.7 Å². The number of ketones is 1. The van der Waals surface area contributed by atoms with Gasteiger partial charge in [-0.3, -0.25) is 9.59 Å². The molecule has 1 unspecified atom stereocenters. The van der Waals surface area contributed by atoms with Crippen molar-refractivity contribution in [3.05, 3.63) is 58.6 Å². The third kappa shape index (κ3) is 4.37. The van der Waals surface area contributed by atoms with Crippen molar-refractivity contribution in [3.63, 3.8) is 0 Å². The summed E-state index contributed by atoms with van der Waals surface area (Å²) in [5, 5.41) is 11.5. The van der Waals surface area contributed by atoms with Crippen molar-refractivity contribution in [2.24, 2.45) is 0 Å². The molecule has 3 heterocycles. The largest absolute Gasteiger partial charge is 0.505 e. The summed E-state index contributed by atoms with van der Waals surface area (Å²) in [5.74, 6) is -0.753. The minimum absolute atomic E-state index is 0.0548. The van der Waals surface area contributed by atoms with Gasteiger partial charge in [0.05, 0.1) is 38.6 Å². The van der Waals surface area contributed by atoms with Gasteiger partial charge in [0, 0.05) is 26.5 Å². The van der Waals surface area contributed by atoms with Crippen LogP contribution >= 0.6 is 0 Å². The first-order valence-electron chi connectivity index (χ1n) is 11.8. The molecule has 1 saturated heterocycles. The fraction of sp³-hybridized carbons (Fsp3) is 0.370. The van der Waals surface area contributed by atoms with Crippen molar-refractivity contribution < 1.29 is 33.6 Å². The van der Waals surface area contributed by atoms with Crippen LogP contribution in [-0.2, 0) is 14.3 Å². The molecule has 196 valence electrons.